The number of hydrogen-bond donors (Lipinski definition) is 1. The number of anilines is 2. The summed E-state index contributed by atoms with van der Waals surface area (Å²) in [5, 5.41) is 3.65. The van der Waals surface area contributed by atoms with Crippen LogP contribution in [-0.2, 0) is 4.79 Å². The van der Waals surface area contributed by atoms with Gasteiger partial charge in [-0.1, -0.05) is 18.5 Å². The van der Waals surface area contributed by atoms with Crippen molar-refractivity contribution in [2.24, 2.45) is 0 Å². The van der Waals surface area contributed by atoms with Crippen LogP contribution >= 0.6 is 11.6 Å². The molecule has 7 heteroatoms. The van der Waals surface area contributed by atoms with Crippen LogP contribution in [0.1, 0.15) is 19.8 Å². The number of carbonyl (C=O) groups is 1. The molecule has 30 heavy (non-hydrogen) atoms. The molecular weight excluding hydrogens is 402 g/mol. The minimum atomic E-state index is -0.0379. The largest absolute Gasteiger partial charge is 0.497 e. The molecule has 3 rings (SSSR count). The number of benzene rings is 2. The molecule has 0 unspecified atom stereocenters. The van der Waals surface area contributed by atoms with Gasteiger partial charge in [0.25, 0.3) is 0 Å². The highest BCUT2D eigenvalue weighted by molar-refractivity contribution is 6.31. The predicted octanol–water partition coefficient (Wildman–Crippen LogP) is 4.29. The summed E-state index contributed by atoms with van der Waals surface area (Å²) in [6, 6.07) is 13.1. The van der Waals surface area contributed by atoms with Crippen LogP contribution < -0.4 is 19.7 Å². The lowest BCUT2D eigenvalue weighted by atomic mass is 10.2. The Hall–Kier alpha value is -2.44. The summed E-state index contributed by atoms with van der Waals surface area (Å²) in [6.45, 7) is 7.65. The van der Waals surface area contributed by atoms with Crippen LogP contribution in [-0.4, -0.2) is 57.2 Å². The lowest BCUT2D eigenvalue weighted by molar-refractivity contribution is -0.116. The van der Waals surface area contributed by atoms with Gasteiger partial charge in [-0.15, -0.1) is 0 Å². The SMILES string of the molecule is CCN1CCN(c2ccc(Cl)cc2NC(=O)CCCOc2ccc(OC)cc2)CC1. The van der Waals surface area contributed by atoms with Gasteiger partial charge in [0.1, 0.15) is 11.5 Å². The Bertz CT molecular complexity index is 821. The Balaban J connectivity index is 1.50. The Kier molecular flexibility index (Phi) is 8.22. The van der Waals surface area contributed by atoms with E-state index in [0.29, 0.717) is 24.5 Å². The molecule has 1 heterocycles. The van der Waals surface area contributed by atoms with Crippen molar-refractivity contribution in [1.29, 1.82) is 0 Å². The first-order chi connectivity index (χ1) is 14.6. The van der Waals surface area contributed by atoms with Crippen molar-refractivity contribution in [1.82, 2.24) is 4.90 Å². The van der Waals surface area contributed by atoms with Gasteiger partial charge in [0.2, 0.25) is 5.91 Å². The number of rotatable bonds is 9. The molecule has 162 valence electrons. The van der Waals surface area contributed by atoms with Crippen LogP contribution in [0.4, 0.5) is 11.4 Å². The van der Waals surface area contributed by atoms with Crippen LogP contribution in [0.2, 0.25) is 5.02 Å². The van der Waals surface area contributed by atoms with E-state index in [1.165, 1.54) is 0 Å². The van der Waals surface area contributed by atoms with Crippen LogP contribution in [0, 0.1) is 0 Å². The second kappa shape index (κ2) is 11.1. The van der Waals surface area contributed by atoms with Gasteiger partial charge in [0.15, 0.2) is 0 Å². The van der Waals surface area contributed by atoms with E-state index in [2.05, 4.69) is 22.0 Å². The third-order valence-corrected chi connectivity index (χ3v) is 5.50. The van der Waals surface area contributed by atoms with E-state index in [0.717, 1.165) is 55.6 Å². The van der Waals surface area contributed by atoms with Crippen LogP contribution in [0.15, 0.2) is 42.5 Å². The lowest BCUT2D eigenvalue weighted by Crippen LogP contribution is -2.46. The number of piperazine rings is 1. The third kappa shape index (κ3) is 6.28. The molecule has 1 aliphatic rings. The van der Waals surface area contributed by atoms with E-state index in [9.17, 15) is 4.79 Å². The van der Waals surface area contributed by atoms with Crippen molar-refractivity contribution < 1.29 is 14.3 Å². The molecule has 6 nitrogen and oxygen atoms in total. The number of hydrogen-bond acceptors (Lipinski definition) is 5. The Morgan fingerprint density at radius 2 is 1.77 bits per heavy atom. The Morgan fingerprint density at radius 3 is 2.43 bits per heavy atom. The van der Waals surface area contributed by atoms with E-state index in [1.54, 1.807) is 7.11 Å². The topological polar surface area (TPSA) is 54.0 Å². The van der Waals surface area contributed by atoms with E-state index in [-0.39, 0.29) is 5.91 Å². The summed E-state index contributed by atoms with van der Waals surface area (Å²) in [6.07, 6.45) is 1.01. The molecule has 0 aromatic heterocycles. The van der Waals surface area contributed by atoms with E-state index < -0.39 is 0 Å². The molecule has 0 bridgehead atoms. The molecule has 0 radical (unpaired) electrons. The molecule has 1 fully saturated rings. The van der Waals surface area contributed by atoms with Gasteiger partial charge in [-0.3, -0.25) is 4.79 Å². The number of ether oxygens (including phenoxy) is 2. The first-order valence-electron chi connectivity index (χ1n) is 10.4. The van der Waals surface area contributed by atoms with Crippen molar-refractivity contribution in [2.75, 3.05) is 56.7 Å². The summed E-state index contributed by atoms with van der Waals surface area (Å²) in [7, 11) is 1.63. The van der Waals surface area contributed by atoms with Crippen LogP contribution in [0.5, 0.6) is 11.5 Å². The first kappa shape index (κ1) is 22.2. The van der Waals surface area contributed by atoms with Crippen LogP contribution in [0.25, 0.3) is 0 Å². The normalized spacial score (nSPS) is 14.4. The van der Waals surface area contributed by atoms with Crippen molar-refractivity contribution >= 4 is 28.9 Å². The molecule has 0 aliphatic carbocycles. The average Bonchev–Trinajstić information content (AvgIpc) is 2.77. The van der Waals surface area contributed by atoms with Crippen molar-refractivity contribution in [3.05, 3.63) is 47.5 Å². The van der Waals surface area contributed by atoms with Gasteiger partial charge >= 0.3 is 0 Å². The number of carbonyl (C=O) groups excluding carboxylic acids is 1. The van der Waals surface area contributed by atoms with Gasteiger partial charge in [-0.05, 0) is 55.4 Å². The summed E-state index contributed by atoms with van der Waals surface area (Å²) in [4.78, 5) is 17.2. The highest BCUT2D eigenvalue weighted by Gasteiger charge is 2.19. The first-order valence-corrected chi connectivity index (χ1v) is 10.8. The maximum atomic E-state index is 12.5. The van der Waals surface area contributed by atoms with E-state index in [4.69, 9.17) is 21.1 Å². The molecule has 2 aromatic carbocycles. The number of nitrogens with one attached hydrogen (secondary N) is 1. The molecule has 0 spiro atoms. The van der Waals surface area contributed by atoms with Crippen molar-refractivity contribution in [3.8, 4) is 11.5 Å². The fraction of sp³-hybridized carbons (Fsp3) is 0.435. The number of halogens is 1. The Morgan fingerprint density at radius 1 is 1.07 bits per heavy atom. The second-order valence-electron chi connectivity index (χ2n) is 7.26. The molecule has 1 saturated heterocycles. The summed E-state index contributed by atoms with van der Waals surface area (Å²) in [5.41, 5.74) is 1.80. The van der Waals surface area contributed by atoms with Gasteiger partial charge in [0, 0.05) is 37.6 Å². The average molecular weight is 432 g/mol. The summed E-state index contributed by atoms with van der Waals surface area (Å²) < 4.78 is 10.8. The molecule has 1 N–H and O–H groups in total. The van der Waals surface area contributed by atoms with Gasteiger partial charge in [-0.2, -0.15) is 0 Å². The minimum absolute atomic E-state index is 0.0379. The molecule has 1 amide bonds. The predicted molar refractivity (Wildman–Crippen MR) is 122 cm³/mol. The number of nitrogens with zero attached hydrogens (tertiary/aromatic N) is 2. The number of methoxy groups -OCH3 is 1. The maximum absolute atomic E-state index is 12.5. The lowest BCUT2D eigenvalue weighted by Gasteiger charge is -2.36. The summed E-state index contributed by atoms with van der Waals surface area (Å²) in [5.74, 6) is 1.51. The van der Waals surface area contributed by atoms with E-state index >= 15 is 0 Å². The monoisotopic (exact) mass is 431 g/mol. The zero-order valence-corrected chi connectivity index (χ0v) is 18.5. The third-order valence-electron chi connectivity index (χ3n) is 5.27. The standard InChI is InChI=1S/C23H30ClN3O3/c1-3-26-12-14-27(15-13-26)22-11-6-18(24)17-21(22)25-23(28)5-4-16-30-20-9-7-19(29-2)8-10-20/h6-11,17H,3-5,12-16H2,1-2H3,(H,25,28). The molecule has 0 atom stereocenters. The minimum Gasteiger partial charge on any atom is -0.497 e. The highest BCUT2D eigenvalue weighted by atomic mass is 35.5. The Labute approximate surface area is 183 Å². The van der Waals surface area contributed by atoms with Gasteiger partial charge in [-0.25, -0.2) is 0 Å². The van der Waals surface area contributed by atoms with E-state index in [1.807, 2.05) is 42.5 Å². The van der Waals surface area contributed by atoms with Gasteiger partial charge in [0.05, 0.1) is 25.1 Å². The smallest absolute Gasteiger partial charge is 0.224 e. The number of amides is 1. The molecule has 2 aromatic rings. The van der Waals surface area contributed by atoms with Crippen molar-refractivity contribution in [3.63, 3.8) is 0 Å². The molecule has 0 saturated carbocycles. The highest BCUT2D eigenvalue weighted by Crippen LogP contribution is 2.30. The fourth-order valence-electron chi connectivity index (χ4n) is 3.50. The fourth-order valence-corrected chi connectivity index (χ4v) is 3.67. The quantitative estimate of drug-likeness (QED) is 0.600. The van der Waals surface area contributed by atoms with Crippen LogP contribution in [0.3, 0.4) is 0 Å². The number of likely N-dealkylation sites (N-methyl/N-ethyl adjacent to an activating group) is 1. The molecular formula is C23H30ClN3O3. The zero-order chi connectivity index (χ0) is 21.3. The second-order valence-corrected chi connectivity index (χ2v) is 7.69. The van der Waals surface area contributed by atoms with Crippen molar-refractivity contribution in [2.45, 2.75) is 19.8 Å². The molecule has 1 aliphatic heterocycles. The maximum Gasteiger partial charge on any atom is 0.224 e. The summed E-state index contributed by atoms with van der Waals surface area (Å²) >= 11 is 6.19. The van der Waals surface area contributed by atoms with Gasteiger partial charge < -0.3 is 24.6 Å². The zero-order valence-electron chi connectivity index (χ0n) is 17.7.